The van der Waals surface area contributed by atoms with Crippen LogP contribution in [0.2, 0.25) is 0 Å². The van der Waals surface area contributed by atoms with Crippen LogP contribution < -0.4 is 19.1 Å². The number of carbonyl (C=O) groups is 1. The second kappa shape index (κ2) is 11.5. The molecule has 1 heterocycles. The molecular formula is C27H26N4O6S2. The number of nitrogens with zero attached hydrogens (tertiary/aromatic N) is 2. The van der Waals surface area contributed by atoms with Crippen LogP contribution in [-0.4, -0.2) is 40.0 Å². The van der Waals surface area contributed by atoms with Gasteiger partial charge < -0.3 is 10.1 Å². The van der Waals surface area contributed by atoms with Gasteiger partial charge in [0.1, 0.15) is 17.5 Å². The summed E-state index contributed by atoms with van der Waals surface area (Å²) < 4.78 is 59.7. The molecule has 0 radical (unpaired) electrons. The Balaban J connectivity index is 1.46. The van der Waals surface area contributed by atoms with Gasteiger partial charge in [-0.25, -0.2) is 16.8 Å². The van der Waals surface area contributed by atoms with Crippen molar-refractivity contribution in [3.63, 3.8) is 0 Å². The van der Waals surface area contributed by atoms with E-state index in [1.807, 2.05) is 18.2 Å². The zero-order valence-electron chi connectivity index (χ0n) is 21.1. The molecule has 1 atom stereocenters. The fourth-order valence-corrected chi connectivity index (χ4v) is 5.91. The molecule has 0 spiro atoms. The number of para-hydroxylation sites is 1. The first kappa shape index (κ1) is 27.6. The average Bonchev–Trinajstić information content (AvgIpc) is 2.90. The van der Waals surface area contributed by atoms with E-state index in [2.05, 4.69) is 15.0 Å². The van der Waals surface area contributed by atoms with E-state index in [1.165, 1.54) is 43.6 Å². The molecule has 0 aliphatic carbocycles. The summed E-state index contributed by atoms with van der Waals surface area (Å²) in [5.74, 6) is 0.530. The van der Waals surface area contributed by atoms with E-state index < -0.39 is 32.0 Å². The first-order chi connectivity index (χ1) is 18.5. The molecule has 4 rings (SSSR count). The molecule has 4 aromatic rings. The quantitative estimate of drug-likeness (QED) is 0.289. The van der Waals surface area contributed by atoms with E-state index in [1.54, 1.807) is 48.5 Å². The highest BCUT2D eigenvalue weighted by molar-refractivity contribution is 7.92. The molecule has 202 valence electrons. The van der Waals surface area contributed by atoms with E-state index in [4.69, 9.17) is 4.74 Å². The molecule has 0 saturated heterocycles. The number of benzene rings is 3. The number of carbonyl (C=O) groups excluding carboxylic acids is 1. The van der Waals surface area contributed by atoms with E-state index >= 15 is 0 Å². The molecule has 39 heavy (non-hydrogen) atoms. The first-order valence-electron chi connectivity index (χ1n) is 11.7. The topological polar surface area (TPSA) is 135 Å². The number of hydrogen-bond acceptors (Lipinski definition) is 7. The molecule has 0 bridgehead atoms. The van der Waals surface area contributed by atoms with Crippen molar-refractivity contribution in [3.8, 4) is 11.5 Å². The first-order valence-corrected chi connectivity index (χ1v) is 15.0. The summed E-state index contributed by atoms with van der Waals surface area (Å²) in [5, 5.41) is 2.64. The Kier molecular flexibility index (Phi) is 8.17. The Labute approximate surface area is 227 Å². The highest BCUT2D eigenvalue weighted by atomic mass is 32.2. The molecule has 10 nitrogen and oxygen atoms in total. The Bertz CT molecular complexity index is 1630. The summed E-state index contributed by atoms with van der Waals surface area (Å²) in [6.45, 7) is 1.46. The third-order valence-corrected chi connectivity index (χ3v) is 8.14. The molecule has 12 heteroatoms. The molecule has 1 amide bonds. The van der Waals surface area contributed by atoms with Gasteiger partial charge in [0.05, 0.1) is 28.7 Å². The summed E-state index contributed by atoms with van der Waals surface area (Å²) >= 11 is 0. The van der Waals surface area contributed by atoms with Crippen LogP contribution in [0.1, 0.15) is 6.92 Å². The van der Waals surface area contributed by atoms with Gasteiger partial charge in [-0.05, 0) is 79.7 Å². The van der Waals surface area contributed by atoms with Crippen LogP contribution in [0.5, 0.6) is 11.5 Å². The molecule has 0 unspecified atom stereocenters. The van der Waals surface area contributed by atoms with Crippen molar-refractivity contribution in [2.75, 3.05) is 20.6 Å². The number of pyridine rings is 1. The Morgan fingerprint density at radius 1 is 0.821 bits per heavy atom. The van der Waals surface area contributed by atoms with Gasteiger partial charge >= 0.3 is 0 Å². The van der Waals surface area contributed by atoms with Crippen molar-refractivity contribution in [2.24, 2.45) is 0 Å². The second-order valence-electron chi connectivity index (χ2n) is 8.50. The summed E-state index contributed by atoms with van der Waals surface area (Å²) in [5.41, 5.74) is 0.889. The number of amides is 1. The number of ether oxygens (including phenoxy) is 1. The summed E-state index contributed by atoms with van der Waals surface area (Å²) in [6, 6.07) is 23.0. The van der Waals surface area contributed by atoms with Gasteiger partial charge in [0.25, 0.3) is 10.0 Å². The molecule has 0 aliphatic rings. The molecule has 0 fully saturated rings. The van der Waals surface area contributed by atoms with E-state index in [-0.39, 0.29) is 10.6 Å². The molecule has 0 saturated carbocycles. The zero-order chi connectivity index (χ0) is 28.0. The van der Waals surface area contributed by atoms with Gasteiger partial charge in [-0.15, -0.1) is 0 Å². The monoisotopic (exact) mass is 566 g/mol. The highest BCUT2D eigenvalue weighted by Gasteiger charge is 2.29. The van der Waals surface area contributed by atoms with Crippen LogP contribution in [0.25, 0.3) is 0 Å². The number of sulfonamides is 2. The van der Waals surface area contributed by atoms with Crippen molar-refractivity contribution in [3.05, 3.63) is 103 Å². The zero-order valence-corrected chi connectivity index (χ0v) is 22.7. The maximum absolute atomic E-state index is 13.0. The van der Waals surface area contributed by atoms with Gasteiger partial charge in [-0.3, -0.25) is 18.8 Å². The van der Waals surface area contributed by atoms with Crippen LogP contribution >= 0.6 is 0 Å². The Morgan fingerprint density at radius 3 is 2.05 bits per heavy atom. The standard InChI is InChI=1S/C27H26N4O6S2/c1-20(31(38(2,33)34)23-12-14-25(15-13-23)37-24-8-4-3-5-9-24)27(32)29-21-10-16-26(17-11-21)39(35,36)30-22-7-6-18-28-19-22/h3-20,30H,1-2H3,(H,29,32)/t20-/m0/s1. The SMILES string of the molecule is C[C@@H](C(=O)Nc1ccc(S(=O)(=O)Nc2cccnc2)cc1)N(c1ccc(Oc2ccccc2)cc1)S(C)(=O)=O. The van der Waals surface area contributed by atoms with Crippen LogP contribution in [0, 0.1) is 0 Å². The Hall–Kier alpha value is -4.42. The van der Waals surface area contributed by atoms with Crippen molar-refractivity contribution in [2.45, 2.75) is 17.9 Å². The minimum absolute atomic E-state index is 0.0204. The molecular weight excluding hydrogens is 540 g/mol. The smallest absolute Gasteiger partial charge is 0.261 e. The predicted molar refractivity (Wildman–Crippen MR) is 150 cm³/mol. The van der Waals surface area contributed by atoms with E-state index in [9.17, 15) is 21.6 Å². The number of nitrogens with one attached hydrogen (secondary N) is 2. The van der Waals surface area contributed by atoms with Crippen molar-refractivity contribution in [1.82, 2.24) is 4.98 Å². The Morgan fingerprint density at radius 2 is 1.46 bits per heavy atom. The van der Waals surface area contributed by atoms with E-state index in [0.717, 1.165) is 10.6 Å². The highest BCUT2D eigenvalue weighted by Crippen LogP contribution is 2.27. The number of anilines is 3. The van der Waals surface area contributed by atoms with Crippen molar-refractivity contribution >= 4 is 43.0 Å². The van der Waals surface area contributed by atoms with Crippen LogP contribution in [0.4, 0.5) is 17.1 Å². The summed E-state index contributed by atoms with van der Waals surface area (Å²) in [4.78, 5) is 16.9. The van der Waals surface area contributed by atoms with Gasteiger partial charge in [0.15, 0.2) is 0 Å². The normalized spacial score (nSPS) is 12.3. The number of rotatable bonds is 10. The lowest BCUT2D eigenvalue weighted by atomic mass is 10.2. The van der Waals surface area contributed by atoms with Crippen molar-refractivity contribution in [1.29, 1.82) is 0 Å². The third kappa shape index (κ3) is 7.12. The fourth-order valence-electron chi connectivity index (χ4n) is 3.70. The minimum atomic E-state index is -3.87. The molecule has 0 aliphatic heterocycles. The minimum Gasteiger partial charge on any atom is -0.457 e. The van der Waals surface area contributed by atoms with Crippen molar-refractivity contribution < 1.29 is 26.4 Å². The third-order valence-electron chi connectivity index (χ3n) is 5.50. The van der Waals surface area contributed by atoms with Gasteiger partial charge in [0.2, 0.25) is 15.9 Å². The van der Waals surface area contributed by atoms with Crippen LogP contribution in [0.15, 0.2) is 108 Å². The maximum Gasteiger partial charge on any atom is 0.261 e. The molecule has 3 aromatic carbocycles. The van der Waals surface area contributed by atoms with E-state index in [0.29, 0.717) is 22.9 Å². The molecule has 2 N–H and O–H groups in total. The lowest BCUT2D eigenvalue weighted by Crippen LogP contribution is -2.45. The molecule has 1 aromatic heterocycles. The summed E-state index contributed by atoms with van der Waals surface area (Å²) in [7, 11) is -7.71. The fraction of sp³-hybridized carbons (Fsp3) is 0.111. The lowest BCUT2D eigenvalue weighted by molar-refractivity contribution is -0.116. The predicted octanol–water partition coefficient (Wildman–Crippen LogP) is 4.47. The van der Waals surface area contributed by atoms with Crippen LogP contribution in [-0.2, 0) is 24.8 Å². The number of aromatic nitrogens is 1. The lowest BCUT2D eigenvalue weighted by Gasteiger charge is -2.28. The van der Waals surface area contributed by atoms with Gasteiger partial charge in [-0.1, -0.05) is 18.2 Å². The second-order valence-corrected chi connectivity index (χ2v) is 12.0. The largest absolute Gasteiger partial charge is 0.457 e. The number of hydrogen-bond donors (Lipinski definition) is 2. The van der Waals surface area contributed by atoms with Gasteiger partial charge in [-0.2, -0.15) is 0 Å². The maximum atomic E-state index is 13.0. The average molecular weight is 567 g/mol. The summed E-state index contributed by atoms with van der Waals surface area (Å²) in [6.07, 6.45) is 3.92. The van der Waals surface area contributed by atoms with Gasteiger partial charge in [0, 0.05) is 11.9 Å². The van der Waals surface area contributed by atoms with Crippen LogP contribution in [0.3, 0.4) is 0 Å².